The summed E-state index contributed by atoms with van der Waals surface area (Å²) in [6, 6.07) is 6.10. The van der Waals surface area contributed by atoms with Gasteiger partial charge in [0.2, 0.25) is 5.54 Å². The van der Waals surface area contributed by atoms with Crippen LogP contribution in [0.25, 0.3) is 26.9 Å². The molecule has 0 spiro atoms. The van der Waals surface area contributed by atoms with Crippen molar-refractivity contribution in [2.75, 3.05) is 17.6 Å². The smallest absolute Gasteiger partial charge is 0.319 e. The van der Waals surface area contributed by atoms with Crippen molar-refractivity contribution in [2.24, 2.45) is 0 Å². The van der Waals surface area contributed by atoms with Crippen LogP contribution < -0.4 is 16.4 Å². The number of urea groups is 1. The normalized spacial score (nSPS) is 11.2. The van der Waals surface area contributed by atoms with Crippen LogP contribution in [-0.4, -0.2) is 28.1 Å². The Morgan fingerprint density at radius 2 is 1.97 bits per heavy atom. The number of carbonyl (C=O) groups excluding carboxylic acids is 1. The van der Waals surface area contributed by atoms with Crippen molar-refractivity contribution in [3.05, 3.63) is 59.0 Å². The third-order valence-corrected chi connectivity index (χ3v) is 5.09. The molecule has 7 nitrogen and oxygen atoms in total. The Morgan fingerprint density at radius 1 is 1.23 bits per heavy atom. The molecule has 0 atom stereocenters. The number of amides is 2. The average molecular weight is 420 g/mol. The Balaban J connectivity index is 1.87. The van der Waals surface area contributed by atoms with E-state index in [0.717, 1.165) is 33.3 Å². The molecule has 0 aliphatic heterocycles. The number of nitrogens with two attached hydrogens (primary N) is 1. The molecule has 3 aromatic rings. The van der Waals surface area contributed by atoms with Gasteiger partial charge in [0.25, 0.3) is 0 Å². The van der Waals surface area contributed by atoms with Gasteiger partial charge in [-0.1, -0.05) is 0 Å². The summed E-state index contributed by atoms with van der Waals surface area (Å²) in [4.78, 5) is 24.5. The zero-order valence-electron chi connectivity index (χ0n) is 18.0. The van der Waals surface area contributed by atoms with Crippen molar-refractivity contribution < 1.29 is 9.18 Å². The second kappa shape index (κ2) is 8.56. The number of aryl methyl sites for hydroxylation is 2. The number of carbonyl (C=O) groups is 1. The first-order valence-corrected chi connectivity index (χ1v) is 9.86. The Kier molecular flexibility index (Phi) is 6.07. The molecular formula is C23H25FN6O. The van der Waals surface area contributed by atoms with E-state index in [2.05, 4.69) is 25.4 Å². The first kappa shape index (κ1) is 22.0. The van der Waals surface area contributed by atoms with Gasteiger partial charge in [-0.3, -0.25) is 4.98 Å². The number of aromatic nitrogens is 2. The van der Waals surface area contributed by atoms with E-state index in [9.17, 15) is 9.18 Å². The molecule has 2 amide bonds. The highest BCUT2D eigenvalue weighted by molar-refractivity contribution is 5.92. The SMILES string of the molecule is [C-]#[N+]C(C)(C)CCNC(=O)Nc1cc(-c2cc3cnc(N)cc3nc2C)c(C)cc1F. The molecule has 0 aliphatic rings. The summed E-state index contributed by atoms with van der Waals surface area (Å²) >= 11 is 0. The quantitative estimate of drug-likeness (QED) is 0.514. The van der Waals surface area contributed by atoms with Gasteiger partial charge >= 0.3 is 6.03 Å². The van der Waals surface area contributed by atoms with Gasteiger partial charge < -0.3 is 21.2 Å². The van der Waals surface area contributed by atoms with Gasteiger partial charge in [0.15, 0.2) is 0 Å². The number of hydrogen-bond acceptors (Lipinski definition) is 4. The fourth-order valence-corrected chi connectivity index (χ4v) is 3.22. The van der Waals surface area contributed by atoms with Gasteiger partial charge in [0, 0.05) is 55.7 Å². The number of nitrogens with one attached hydrogen (secondary N) is 2. The summed E-state index contributed by atoms with van der Waals surface area (Å²) in [7, 11) is 0. The van der Waals surface area contributed by atoms with Gasteiger partial charge in [-0.25, -0.2) is 20.7 Å². The van der Waals surface area contributed by atoms with Gasteiger partial charge in [0.1, 0.15) is 11.6 Å². The number of hydrogen-bond donors (Lipinski definition) is 3. The monoisotopic (exact) mass is 420 g/mol. The molecule has 8 heteroatoms. The fraction of sp³-hybridized carbons (Fsp3) is 0.304. The zero-order chi connectivity index (χ0) is 22.8. The topological polar surface area (TPSA) is 97.3 Å². The minimum Gasteiger partial charge on any atom is -0.384 e. The van der Waals surface area contributed by atoms with Crippen LogP contribution in [0.5, 0.6) is 0 Å². The number of pyridine rings is 2. The Morgan fingerprint density at radius 3 is 2.68 bits per heavy atom. The summed E-state index contributed by atoms with van der Waals surface area (Å²) in [5.41, 5.74) is 9.03. The van der Waals surface area contributed by atoms with Crippen LogP contribution in [0.2, 0.25) is 0 Å². The van der Waals surface area contributed by atoms with Crippen molar-refractivity contribution in [1.82, 2.24) is 15.3 Å². The van der Waals surface area contributed by atoms with Gasteiger partial charge in [0.05, 0.1) is 11.2 Å². The molecule has 1 aromatic carbocycles. The minimum atomic E-state index is -0.560. The van der Waals surface area contributed by atoms with Crippen LogP contribution in [0.15, 0.2) is 30.5 Å². The van der Waals surface area contributed by atoms with Crippen LogP contribution in [0.1, 0.15) is 31.5 Å². The molecule has 31 heavy (non-hydrogen) atoms. The maximum absolute atomic E-state index is 14.5. The van der Waals surface area contributed by atoms with Crippen LogP contribution >= 0.6 is 0 Å². The largest absolute Gasteiger partial charge is 0.384 e. The molecule has 160 valence electrons. The molecule has 2 heterocycles. The van der Waals surface area contributed by atoms with Crippen molar-refractivity contribution in [3.8, 4) is 11.1 Å². The number of halogens is 1. The molecule has 2 aromatic heterocycles. The lowest BCUT2D eigenvalue weighted by Crippen LogP contribution is -2.33. The molecule has 0 bridgehead atoms. The average Bonchev–Trinajstić information content (AvgIpc) is 2.69. The van der Waals surface area contributed by atoms with Crippen LogP contribution in [0.3, 0.4) is 0 Å². The second-order valence-corrected chi connectivity index (χ2v) is 8.13. The number of fused-ring (bicyclic) bond motifs is 1. The molecular weight excluding hydrogens is 395 g/mol. The lowest BCUT2D eigenvalue weighted by atomic mass is 9.97. The van der Waals surface area contributed by atoms with E-state index >= 15 is 0 Å². The maximum atomic E-state index is 14.5. The second-order valence-electron chi connectivity index (χ2n) is 8.13. The van der Waals surface area contributed by atoms with Crippen molar-refractivity contribution in [3.63, 3.8) is 0 Å². The van der Waals surface area contributed by atoms with E-state index in [4.69, 9.17) is 12.3 Å². The Bertz CT molecular complexity index is 1200. The van der Waals surface area contributed by atoms with Crippen LogP contribution in [-0.2, 0) is 0 Å². The van der Waals surface area contributed by atoms with Crippen LogP contribution in [0, 0.1) is 26.2 Å². The Labute approximate surface area is 180 Å². The molecule has 4 N–H and O–H groups in total. The summed E-state index contributed by atoms with van der Waals surface area (Å²) in [5, 5.41) is 6.05. The van der Waals surface area contributed by atoms with Gasteiger partial charge in [-0.2, -0.15) is 0 Å². The summed E-state index contributed by atoms with van der Waals surface area (Å²) in [6.07, 6.45) is 2.14. The zero-order valence-corrected chi connectivity index (χ0v) is 18.0. The van der Waals surface area contributed by atoms with Gasteiger partial charge in [-0.05, 0) is 43.2 Å². The minimum absolute atomic E-state index is 0.0671. The predicted molar refractivity (Wildman–Crippen MR) is 121 cm³/mol. The highest BCUT2D eigenvalue weighted by Gasteiger charge is 2.22. The maximum Gasteiger partial charge on any atom is 0.319 e. The highest BCUT2D eigenvalue weighted by atomic mass is 19.1. The number of nitrogen functional groups attached to an aromatic ring is 1. The van der Waals surface area contributed by atoms with E-state index < -0.39 is 17.4 Å². The number of nitrogens with zero attached hydrogens (tertiary/aromatic N) is 3. The van der Waals surface area contributed by atoms with E-state index in [0.29, 0.717) is 18.8 Å². The van der Waals surface area contributed by atoms with E-state index in [-0.39, 0.29) is 5.69 Å². The Hall–Kier alpha value is -3.73. The lowest BCUT2D eigenvalue weighted by molar-refractivity contribution is 0.251. The fourth-order valence-electron chi connectivity index (χ4n) is 3.22. The molecule has 0 saturated carbocycles. The number of rotatable bonds is 5. The van der Waals surface area contributed by atoms with E-state index in [1.54, 1.807) is 39.1 Å². The standard InChI is InChI=1S/C23H25FN6O/c1-13-8-18(24)20(30-22(31)27-7-6-23(3,4)26-5)10-16(13)17-9-15-12-28-21(25)11-19(15)29-14(17)2/h8-12H,6-7H2,1-4H3,(H2,25,28)(H2,27,30,31). The van der Waals surface area contributed by atoms with E-state index in [1.165, 1.54) is 6.07 Å². The first-order valence-electron chi connectivity index (χ1n) is 9.86. The van der Waals surface area contributed by atoms with Crippen molar-refractivity contribution >= 4 is 28.4 Å². The number of benzene rings is 1. The lowest BCUT2D eigenvalue weighted by Gasteiger charge is -2.15. The highest BCUT2D eigenvalue weighted by Crippen LogP contribution is 2.32. The molecule has 0 saturated heterocycles. The molecule has 0 unspecified atom stereocenters. The summed E-state index contributed by atoms with van der Waals surface area (Å²) in [5.74, 6) is -0.138. The summed E-state index contributed by atoms with van der Waals surface area (Å²) < 4.78 is 14.5. The first-order chi connectivity index (χ1) is 14.6. The van der Waals surface area contributed by atoms with Crippen molar-refractivity contribution in [2.45, 2.75) is 39.7 Å². The van der Waals surface area contributed by atoms with Crippen LogP contribution in [0.4, 0.5) is 20.7 Å². The van der Waals surface area contributed by atoms with E-state index in [1.807, 2.05) is 13.0 Å². The molecule has 0 aliphatic carbocycles. The predicted octanol–water partition coefficient (Wildman–Crippen LogP) is 4.84. The number of anilines is 2. The third-order valence-electron chi connectivity index (χ3n) is 5.09. The van der Waals surface area contributed by atoms with Crippen molar-refractivity contribution in [1.29, 1.82) is 0 Å². The third kappa shape index (κ3) is 5.07. The van der Waals surface area contributed by atoms with Gasteiger partial charge in [-0.15, -0.1) is 0 Å². The molecule has 0 fully saturated rings. The molecule has 3 rings (SSSR count). The summed E-state index contributed by atoms with van der Waals surface area (Å²) in [6.45, 7) is 14.7. The molecule has 0 radical (unpaired) electrons.